The molecular weight excluding hydrogens is 427 g/mol. The third-order valence-corrected chi connectivity index (χ3v) is 5.59. The van der Waals surface area contributed by atoms with Gasteiger partial charge in [0, 0.05) is 68.4 Å². The van der Waals surface area contributed by atoms with Crippen LogP contribution < -0.4 is 10.1 Å². The summed E-state index contributed by atoms with van der Waals surface area (Å²) < 4.78 is 19.1. The molecule has 1 N–H and O–H groups in total. The van der Waals surface area contributed by atoms with E-state index < -0.39 is 4.92 Å². The fourth-order valence-corrected chi connectivity index (χ4v) is 3.68. The number of methoxy groups -OCH3 is 1. The smallest absolute Gasteiger partial charge is 0.271 e. The Morgan fingerprint density at radius 2 is 1.94 bits per heavy atom. The Hall–Kier alpha value is -2.75. The first-order valence-corrected chi connectivity index (χ1v) is 10.2. The van der Waals surface area contributed by atoms with E-state index in [-0.39, 0.29) is 29.5 Å². The number of rotatable bonds is 8. The number of piperazine rings is 1. The minimum absolute atomic E-state index is 0.123. The van der Waals surface area contributed by atoms with Gasteiger partial charge in [0.2, 0.25) is 5.91 Å². The molecule has 0 saturated carbocycles. The van der Waals surface area contributed by atoms with Crippen LogP contribution in [0.1, 0.15) is 12.0 Å². The third kappa shape index (κ3) is 6.13. The van der Waals surface area contributed by atoms with Crippen LogP contribution in [0, 0.1) is 15.9 Å². The molecule has 1 amide bonds. The van der Waals surface area contributed by atoms with Crippen LogP contribution in [0.4, 0.5) is 15.8 Å². The van der Waals surface area contributed by atoms with Crippen molar-refractivity contribution in [2.75, 3.05) is 45.2 Å². The second-order valence-corrected chi connectivity index (χ2v) is 7.67. The highest BCUT2D eigenvalue weighted by Crippen LogP contribution is 2.29. The molecule has 0 aromatic heterocycles. The lowest BCUT2D eigenvalue weighted by Crippen LogP contribution is -2.46. The molecule has 10 heteroatoms. The number of anilines is 1. The van der Waals surface area contributed by atoms with Crippen molar-refractivity contribution in [3.05, 3.63) is 62.9 Å². The Labute approximate surface area is 184 Å². The Morgan fingerprint density at radius 3 is 2.58 bits per heavy atom. The van der Waals surface area contributed by atoms with Crippen molar-refractivity contribution in [3.63, 3.8) is 0 Å². The van der Waals surface area contributed by atoms with E-state index in [4.69, 9.17) is 16.3 Å². The average Bonchev–Trinajstić information content (AvgIpc) is 2.75. The van der Waals surface area contributed by atoms with Gasteiger partial charge in [-0.15, -0.1) is 0 Å². The summed E-state index contributed by atoms with van der Waals surface area (Å²) in [5.74, 6) is -0.193. The molecule has 0 spiro atoms. The maximum absolute atomic E-state index is 14.0. The maximum atomic E-state index is 14.0. The number of non-ortho nitro benzene ring substituents is 1. The van der Waals surface area contributed by atoms with Crippen molar-refractivity contribution in [1.82, 2.24) is 9.80 Å². The van der Waals surface area contributed by atoms with Gasteiger partial charge in [-0.3, -0.25) is 19.8 Å². The summed E-state index contributed by atoms with van der Waals surface area (Å²) in [5.41, 5.74) is 0.651. The summed E-state index contributed by atoms with van der Waals surface area (Å²) in [6, 6.07) is 8.74. The van der Waals surface area contributed by atoms with Gasteiger partial charge in [-0.05, 0) is 18.2 Å². The Bertz CT molecular complexity index is 931. The molecule has 1 fully saturated rings. The summed E-state index contributed by atoms with van der Waals surface area (Å²) in [7, 11) is 1.44. The largest absolute Gasteiger partial charge is 0.495 e. The van der Waals surface area contributed by atoms with E-state index in [2.05, 4.69) is 15.1 Å². The van der Waals surface area contributed by atoms with E-state index in [0.29, 0.717) is 29.4 Å². The van der Waals surface area contributed by atoms with Gasteiger partial charge in [-0.1, -0.05) is 17.7 Å². The van der Waals surface area contributed by atoms with Gasteiger partial charge < -0.3 is 15.0 Å². The number of hydrogen-bond acceptors (Lipinski definition) is 6. The molecular formula is C21H24ClFN4O4. The zero-order valence-electron chi connectivity index (χ0n) is 17.1. The number of nitrogens with one attached hydrogen (secondary N) is 1. The summed E-state index contributed by atoms with van der Waals surface area (Å²) in [5, 5.41) is 14.1. The topological polar surface area (TPSA) is 87.9 Å². The molecule has 3 rings (SSSR count). The molecule has 1 heterocycles. The monoisotopic (exact) mass is 450 g/mol. The van der Waals surface area contributed by atoms with Crippen LogP contribution in [0.15, 0.2) is 36.4 Å². The minimum atomic E-state index is -0.525. The number of nitro benzene ring substituents is 1. The third-order valence-electron chi connectivity index (χ3n) is 5.23. The van der Waals surface area contributed by atoms with Crippen molar-refractivity contribution in [2.24, 2.45) is 0 Å². The van der Waals surface area contributed by atoms with Gasteiger partial charge in [-0.2, -0.15) is 0 Å². The predicted molar refractivity (Wildman–Crippen MR) is 116 cm³/mol. The summed E-state index contributed by atoms with van der Waals surface area (Å²) in [6.07, 6.45) is 0.241. The standard InChI is InChI=1S/C21H24ClFN4O4/c1-31-20-6-5-15(27(29)30)13-19(20)24-21(28)7-8-25-9-11-26(12-10-25)14-16-17(22)3-2-4-18(16)23/h2-6,13H,7-12,14H2,1H3,(H,24,28). The molecule has 1 aliphatic rings. The van der Waals surface area contributed by atoms with Gasteiger partial charge in [0.1, 0.15) is 11.6 Å². The van der Waals surface area contributed by atoms with Crippen LogP contribution in [0.2, 0.25) is 5.02 Å². The number of nitrogens with zero attached hydrogens (tertiary/aromatic N) is 3. The SMILES string of the molecule is COc1ccc([N+](=O)[O-])cc1NC(=O)CCN1CCN(Cc2c(F)cccc2Cl)CC1. The molecule has 0 bridgehead atoms. The van der Waals surface area contributed by atoms with Crippen molar-refractivity contribution in [2.45, 2.75) is 13.0 Å². The van der Waals surface area contributed by atoms with Crippen LogP contribution in [-0.2, 0) is 11.3 Å². The molecule has 0 radical (unpaired) electrons. The van der Waals surface area contributed by atoms with E-state index in [1.165, 1.54) is 31.4 Å². The second-order valence-electron chi connectivity index (χ2n) is 7.26. The molecule has 2 aromatic rings. The van der Waals surface area contributed by atoms with Crippen molar-refractivity contribution in [3.8, 4) is 5.75 Å². The zero-order valence-corrected chi connectivity index (χ0v) is 17.9. The Balaban J connectivity index is 1.47. The van der Waals surface area contributed by atoms with Crippen molar-refractivity contribution < 1.29 is 18.8 Å². The van der Waals surface area contributed by atoms with E-state index in [1.807, 2.05) is 0 Å². The summed E-state index contributed by atoms with van der Waals surface area (Å²) >= 11 is 6.11. The van der Waals surface area contributed by atoms with E-state index >= 15 is 0 Å². The first-order valence-electron chi connectivity index (χ1n) is 9.87. The fourth-order valence-electron chi connectivity index (χ4n) is 3.46. The fraction of sp³-hybridized carbons (Fsp3) is 0.381. The Kier molecular flexibility index (Phi) is 7.78. The number of carbonyl (C=O) groups excluding carboxylic acids is 1. The minimum Gasteiger partial charge on any atom is -0.495 e. The number of ether oxygens (including phenoxy) is 1. The molecule has 166 valence electrons. The zero-order chi connectivity index (χ0) is 22.4. The van der Waals surface area contributed by atoms with Crippen LogP contribution in [0.5, 0.6) is 5.75 Å². The lowest BCUT2D eigenvalue weighted by molar-refractivity contribution is -0.384. The van der Waals surface area contributed by atoms with Crippen LogP contribution in [0.25, 0.3) is 0 Å². The first kappa shape index (κ1) is 22.9. The van der Waals surface area contributed by atoms with Gasteiger partial charge in [0.25, 0.3) is 5.69 Å². The first-order chi connectivity index (χ1) is 14.9. The predicted octanol–water partition coefficient (Wildman–Crippen LogP) is 3.54. The van der Waals surface area contributed by atoms with Crippen molar-refractivity contribution >= 4 is 28.9 Å². The van der Waals surface area contributed by atoms with E-state index in [9.17, 15) is 19.3 Å². The Morgan fingerprint density at radius 1 is 1.23 bits per heavy atom. The molecule has 0 atom stereocenters. The lowest BCUT2D eigenvalue weighted by Gasteiger charge is -2.34. The van der Waals surface area contributed by atoms with Gasteiger partial charge in [0.05, 0.1) is 17.7 Å². The quantitative estimate of drug-likeness (QED) is 0.489. The molecule has 1 saturated heterocycles. The van der Waals surface area contributed by atoms with Gasteiger partial charge in [-0.25, -0.2) is 4.39 Å². The summed E-state index contributed by atoms with van der Waals surface area (Å²) in [4.78, 5) is 27.1. The van der Waals surface area contributed by atoms with Gasteiger partial charge in [0.15, 0.2) is 0 Å². The average molecular weight is 451 g/mol. The number of halogens is 2. The number of nitro groups is 1. The summed E-state index contributed by atoms with van der Waals surface area (Å²) in [6.45, 7) is 3.98. The maximum Gasteiger partial charge on any atom is 0.271 e. The van der Waals surface area contributed by atoms with E-state index in [0.717, 1.165) is 26.2 Å². The van der Waals surface area contributed by atoms with Crippen LogP contribution in [0.3, 0.4) is 0 Å². The molecule has 1 aliphatic heterocycles. The molecule has 31 heavy (non-hydrogen) atoms. The van der Waals surface area contributed by atoms with Crippen molar-refractivity contribution in [1.29, 1.82) is 0 Å². The number of carbonyl (C=O) groups is 1. The highest BCUT2D eigenvalue weighted by atomic mass is 35.5. The van der Waals surface area contributed by atoms with Crippen LogP contribution >= 0.6 is 11.6 Å². The lowest BCUT2D eigenvalue weighted by atomic mass is 10.1. The molecule has 2 aromatic carbocycles. The molecule has 0 aliphatic carbocycles. The number of amides is 1. The molecule has 0 unspecified atom stereocenters. The second kappa shape index (κ2) is 10.5. The van der Waals surface area contributed by atoms with Gasteiger partial charge >= 0.3 is 0 Å². The number of hydrogen-bond donors (Lipinski definition) is 1. The normalized spacial score (nSPS) is 14.9. The highest BCUT2D eigenvalue weighted by molar-refractivity contribution is 6.31. The van der Waals surface area contributed by atoms with Crippen LogP contribution in [-0.4, -0.2) is 60.5 Å². The van der Waals surface area contributed by atoms with E-state index in [1.54, 1.807) is 12.1 Å². The number of benzene rings is 2. The highest BCUT2D eigenvalue weighted by Gasteiger charge is 2.20. The molecule has 8 nitrogen and oxygen atoms in total.